The quantitative estimate of drug-likeness (QED) is 0.494. The van der Waals surface area contributed by atoms with Gasteiger partial charge in [0.15, 0.2) is 5.03 Å². The van der Waals surface area contributed by atoms with E-state index >= 15 is 0 Å². The lowest BCUT2D eigenvalue weighted by atomic mass is 9.97. The number of pyridine rings is 3. The van der Waals surface area contributed by atoms with E-state index in [0.717, 1.165) is 24.9 Å². The van der Waals surface area contributed by atoms with Gasteiger partial charge in [0.1, 0.15) is 11.6 Å². The highest BCUT2D eigenvalue weighted by Crippen LogP contribution is 2.37. The van der Waals surface area contributed by atoms with Crippen LogP contribution in [0.4, 0.5) is 11.6 Å². The van der Waals surface area contributed by atoms with Crippen LogP contribution in [0.5, 0.6) is 0 Å². The van der Waals surface area contributed by atoms with Crippen molar-refractivity contribution in [3.63, 3.8) is 0 Å². The molecule has 0 saturated carbocycles. The number of carbonyl (C=O) groups excluding carboxylic acids is 1. The van der Waals surface area contributed by atoms with Crippen molar-refractivity contribution < 1.29 is 13.2 Å². The molecule has 36 heavy (non-hydrogen) atoms. The number of hydrogen-bond acceptors (Lipinski definition) is 8. The van der Waals surface area contributed by atoms with Gasteiger partial charge in [-0.25, -0.2) is 14.7 Å². The maximum absolute atomic E-state index is 13.2. The Morgan fingerprint density at radius 1 is 1.17 bits per heavy atom. The number of hydrogen-bond donors (Lipinski definition) is 1. The van der Waals surface area contributed by atoms with E-state index in [1.165, 1.54) is 6.07 Å². The number of anilines is 2. The molecule has 0 aromatic carbocycles. The fourth-order valence-corrected chi connectivity index (χ4v) is 5.63. The average molecular weight is 509 g/mol. The summed E-state index contributed by atoms with van der Waals surface area (Å²) in [6.07, 6.45) is 6.82. The summed E-state index contributed by atoms with van der Waals surface area (Å²) in [5.74, 6) is 0.676. The van der Waals surface area contributed by atoms with Crippen LogP contribution in [0.1, 0.15) is 43.1 Å². The van der Waals surface area contributed by atoms with Gasteiger partial charge in [-0.05, 0) is 68.5 Å². The number of nitrogens with one attached hydrogen (secondary N) is 1. The van der Waals surface area contributed by atoms with Crippen LogP contribution in [0, 0.1) is 5.92 Å². The fourth-order valence-electron chi connectivity index (χ4n) is 4.70. The minimum Gasteiger partial charge on any atom is -0.359 e. The normalized spacial score (nSPS) is 17.1. The molecule has 1 atom stereocenters. The molecular formula is C26H32N6O3S. The van der Waals surface area contributed by atoms with Gasteiger partial charge in [-0.15, -0.1) is 0 Å². The summed E-state index contributed by atoms with van der Waals surface area (Å²) >= 11 is 0. The van der Waals surface area contributed by atoms with Crippen LogP contribution in [0.25, 0.3) is 0 Å². The molecule has 1 aliphatic rings. The summed E-state index contributed by atoms with van der Waals surface area (Å²) in [5.41, 5.74) is 1.09. The van der Waals surface area contributed by atoms with Crippen LogP contribution < -0.4 is 14.5 Å². The molecule has 4 rings (SSSR count). The van der Waals surface area contributed by atoms with E-state index in [1.807, 2.05) is 24.1 Å². The maximum Gasteiger partial charge on any atom is 0.281 e. The Labute approximate surface area is 212 Å². The van der Waals surface area contributed by atoms with Crippen molar-refractivity contribution in [3.8, 4) is 0 Å². The Hall–Kier alpha value is -3.53. The van der Waals surface area contributed by atoms with Gasteiger partial charge in [0, 0.05) is 44.3 Å². The highest BCUT2D eigenvalue weighted by Gasteiger charge is 2.39. The highest BCUT2D eigenvalue weighted by atomic mass is 32.2. The lowest BCUT2D eigenvalue weighted by Crippen LogP contribution is -2.41. The third kappa shape index (κ3) is 5.64. The first-order chi connectivity index (χ1) is 17.1. The van der Waals surface area contributed by atoms with Crippen molar-refractivity contribution in [2.24, 2.45) is 5.92 Å². The van der Waals surface area contributed by atoms with Crippen LogP contribution in [0.15, 0.2) is 66.1 Å². The van der Waals surface area contributed by atoms with E-state index in [0.29, 0.717) is 24.1 Å². The van der Waals surface area contributed by atoms with E-state index in [2.05, 4.69) is 45.3 Å². The van der Waals surface area contributed by atoms with Gasteiger partial charge < -0.3 is 9.80 Å². The molecular weight excluding hydrogens is 476 g/mol. The third-order valence-electron chi connectivity index (χ3n) is 6.42. The van der Waals surface area contributed by atoms with Gasteiger partial charge in [0.25, 0.3) is 15.9 Å². The van der Waals surface area contributed by atoms with E-state index < -0.39 is 15.9 Å². The van der Waals surface area contributed by atoms with Crippen LogP contribution in [0.2, 0.25) is 0 Å². The molecule has 1 unspecified atom stereocenters. The first kappa shape index (κ1) is 25.6. The molecule has 3 aromatic heterocycles. The van der Waals surface area contributed by atoms with Gasteiger partial charge in [0.05, 0.1) is 5.56 Å². The molecule has 9 nitrogen and oxygen atoms in total. The van der Waals surface area contributed by atoms with E-state index in [4.69, 9.17) is 0 Å². The smallest absolute Gasteiger partial charge is 0.281 e. The Balaban J connectivity index is 1.51. The molecule has 0 bridgehead atoms. The van der Waals surface area contributed by atoms with Crippen molar-refractivity contribution in [1.82, 2.24) is 19.7 Å². The van der Waals surface area contributed by atoms with Crippen molar-refractivity contribution in [1.29, 1.82) is 0 Å². The summed E-state index contributed by atoms with van der Waals surface area (Å²) in [7, 11) is -2.36. The number of amides is 1. The molecule has 10 heteroatoms. The van der Waals surface area contributed by atoms with Crippen molar-refractivity contribution in [3.05, 3.63) is 72.2 Å². The summed E-state index contributed by atoms with van der Waals surface area (Å²) in [6.45, 7) is 7.72. The van der Waals surface area contributed by atoms with E-state index in [-0.39, 0.29) is 16.1 Å². The fraction of sp³-hybridized carbons (Fsp3) is 0.385. The molecule has 1 saturated heterocycles. The number of likely N-dealkylation sites (N-methyl/N-ethyl adjacent to an activating group) is 1. The van der Waals surface area contributed by atoms with E-state index in [9.17, 15) is 13.2 Å². The lowest BCUT2D eigenvalue weighted by Gasteiger charge is -2.33. The highest BCUT2D eigenvalue weighted by molar-refractivity contribution is 7.90. The largest absolute Gasteiger partial charge is 0.359 e. The Morgan fingerprint density at radius 3 is 2.64 bits per heavy atom. The van der Waals surface area contributed by atoms with Gasteiger partial charge in [-0.3, -0.25) is 9.78 Å². The zero-order chi connectivity index (χ0) is 25.9. The summed E-state index contributed by atoms with van der Waals surface area (Å²) < 4.78 is 28.4. The van der Waals surface area contributed by atoms with Crippen LogP contribution >= 0.6 is 0 Å². The second-order valence-corrected chi connectivity index (χ2v) is 11.5. The third-order valence-corrected chi connectivity index (χ3v) is 7.65. The predicted octanol–water partition coefficient (Wildman–Crippen LogP) is 3.29. The standard InChI is InChI=1S/C26H32N6O3S/c1-19-16-26(2,3)32(18-19)24-21(9-7-14-28-24)25(33)30-36(34,35)23-11-5-10-22(29-23)31(4)15-12-20-8-6-13-27-17-20/h5-11,13-14,17,19H,12,15-16,18H2,1-4H3,(H,30,33). The van der Waals surface area contributed by atoms with Gasteiger partial charge in [-0.1, -0.05) is 19.1 Å². The SMILES string of the molecule is CC1CN(c2ncccc2C(=O)NS(=O)(=O)c2cccc(N(C)CCc3cccnc3)n2)C(C)(C)C1. The van der Waals surface area contributed by atoms with Crippen LogP contribution in [-0.2, 0) is 16.4 Å². The minimum absolute atomic E-state index is 0.196. The number of rotatable bonds is 8. The maximum atomic E-state index is 13.2. The van der Waals surface area contributed by atoms with Crippen molar-refractivity contribution in [2.45, 2.75) is 44.2 Å². The lowest BCUT2D eigenvalue weighted by molar-refractivity contribution is 0.0981. The van der Waals surface area contributed by atoms with Gasteiger partial charge in [0.2, 0.25) is 0 Å². The molecule has 4 heterocycles. The topological polar surface area (TPSA) is 108 Å². The monoisotopic (exact) mass is 508 g/mol. The molecule has 0 spiro atoms. The zero-order valence-corrected chi connectivity index (χ0v) is 21.9. The molecule has 1 N–H and O–H groups in total. The average Bonchev–Trinajstić information content (AvgIpc) is 3.14. The van der Waals surface area contributed by atoms with Gasteiger partial charge >= 0.3 is 0 Å². The Kier molecular flexibility index (Phi) is 7.26. The number of aromatic nitrogens is 3. The summed E-state index contributed by atoms with van der Waals surface area (Å²) in [4.78, 5) is 30.0. The van der Waals surface area contributed by atoms with Crippen molar-refractivity contribution >= 4 is 27.6 Å². The Bertz CT molecular complexity index is 1330. The van der Waals surface area contributed by atoms with E-state index in [1.54, 1.807) is 42.9 Å². The summed E-state index contributed by atoms with van der Waals surface area (Å²) in [6, 6.07) is 11.8. The first-order valence-electron chi connectivity index (χ1n) is 11.9. The zero-order valence-electron chi connectivity index (χ0n) is 21.0. The van der Waals surface area contributed by atoms with Crippen LogP contribution in [-0.4, -0.2) is 55.0 Å². The van der Waals surface area contributed by atoms with Gasteiger partial charge in [-0.2, -0.15) is 8.42 Å². The molecule has 190 valence electrons. The second kappa shape index (κ2) is 10.2. The number of carbonyl (C=O) groups is 1. The van der Waals surface area contributed by atoms with Crippen LogP contribution in [0.3, 0.4) is 0 Å². The Morgan fingerprint density at radius 2 is 1.94 bits per heavy atom. The molecule has 0 aliphatic carbocycles. The molecule has 1 aliphatic heterocycles. The molecule has 3 aromatic rings. The second-order valence-electron chi connectivity index (χ2n) is 9.91. The molecule has 1 fully saturated rings. The molecule has 1 amide bonds. The van der Waals surface area contributed by atoms with Crippen molar-refractivity contribution in [2.75, 3.05) is 29.9 Å². The minimum atomic E-state index is -4.20. The predicted molar refractivity (Wildman–Crippen MR) is 140 cm³/mol. The first-order valence-corrected chi connectivity index (χ1v) is 13.4. The summed E-state index contributed by atoms with van der Waals surface area (Å²) in [5, 5.41) is -0.220. The molecule has 0 radical (unpaired) electrons. The number of sulfonamides is 1. The number of nitrogens with zero attached hydrogens (tertiary/aromatic N) is 5.